The summed E-state index contributed by atoms with van der Waals surface area (Å²) in [5.74, 6) is 1.06. The number of nitrogens with one attached hydrogen (secondary N) is 2. The predicted octanol–water partition coefficient (Wildman–Crippen LogP) is 4.72. The molecule has 0 saturated carbocycles. The van der Waals surface area contributed by atoms with E-state index in [1.165, 1.54) is 6.07 Å². The lowest BCUT2D eigenvalue weighted by molar-refractivity contribution is 0.102. The second kappa shape index (κ2) is 8.36. The Labute approximate surface area is 170 Å². The van der Waals surface area contributed by atoms with Crippen LogP contribution in [0.4, 0.5) is 11.4 Å². The zero-order chi connectivity index (χ0) is 21.0. The second-order valence-corrected chi connectivity index (χ2v) is 8.55. The summed E-state index contributed by atoms with van der Waals surface area (Å²) in [7, 11) is -3.43. The summed E-state index contributed by atoms with van der Waals surface area (Å²) in [5.41, 5.74) is 3.16. The van der Waals surface area contributed by atoms with Crippen LogP contribution in [0.3, 0.4) is 0 Å². The summed E-state index contributed by atoms with van der Waals surface area (Å²) in [5, 5.41) is 2.80. The van der Waals surface area contributed by atoms with Crippen LogP contribution in [-0.2, 0) is 10.0 Å². The lowest BCUT2D eigenvalue weighted by atomic mass is 10.1. The second-order valence-electron chi connectivity index (χ2n) is 6.80. The van der Waals surface area contributed by atoms with E-state index in [2.05, 4.69) is 10.0 Å². The molecule has 0 unspecified atom stereocenters. The highest BCUT2D eigenvalue weighted by atomic mass is 32.2. The van der Waals surface area contributed by atoms with E-state index in [0.29, 0.717) is 22.7 Å². The Morgan fingerprint density at radius 1 is 0.897 bits per heavy atom. The van der Waals surface area contributed by atoms with Gasteiger partial charge in [-0.15, -0.1) is 0 Å². The van der Waals surface area contributed by atoms with Crippen molar-refractivity contribution in [2.45, 2.75) is 13.8 Å². The summed E-state index contributed by atoms with van der Waals surface area (Å²) in [6, 6.07) is 19.6. The van der Waals surface area contributed by atoms with E-state index in [0.717, 1.165) is 23.1 Å². The van der Waals surface area contributed by atoms with Gasteiger partial charge in [0, 0.05) is 11.3 Å². The van der Waals surface area contributed by atoms with Gasteiger partial charge < -0.3 is 10.1 Å². The van der Waals surface area contributed by atoms with Crippen molar-refractivity contribution in [2.24, 2.45) is 0 Å². The van der Waals surface area contributed by atoms with Gasteiger partial charge in [0.15, 0.2) is 0 Å². The summed E-state index contributed by atoms with van der Waals surface area (Å²) in [6.07, 6.45) is 1.07. The SMILES string of the molecule is Cc1cccc(Oc2ccc(NC(=O)c3ccc(C)c(NS(C)(=O)=O)c3)cc2)c1. The number of amides is 1. The van der Waals surface area contributed by atoms with Gasteiger partial charge in [0.1, 0.15) is 11.5 Å². The van der Waals surface area contributed by atoms with Crippen LogP contribution in [-0.4, -0.2) is 20.6 Å². The van der Waals surface area contributed by atoms with Crippen molar-refractivity contribution in [3.63, 3.8) is 0 Å². The third kappa shape index (κ3) is 5.83. The van der Waals surface area contributed by atoms with E-state index in [4.69, 9.17) is 4.74 Å². The Morgan fingerprint density at radius 2 is 1.62 bits per heavy atom. The van der Waals surface area contributed by atoms with Crippen LogP contribution in [0.5, 0.6) is 11.5 Å². The molecule has 0 atom stereocenters. The minimum atomic E-state index is -3.43. The molecular formula is C22H22N2O4S. The molecule has 0 fully saturated rings. The maximum atomic E-state index is 12.5. The Kier molecular flexibility index (Phi) is 5.89. The van der Waals surface area contributed by atoms with Crippen molar-refractivity contribution in [2.75, 3.05) is 16.3 Å². The first-order chi connectivity index (χ1) is 13.7. The number of aryl methyl sites for hydroxylation is 2. The van der Waals surface area contributed by atoms with Gasteiger partial charge in [-0.05, 0) is 73.5 Å². The van der Waals surface area contributed by atoms with E-state index in [1.54, 1.807) is 43.3 Å². The summed E-state index contributed by atoms with van der Waals surface area (Å²) in [6.45, 7) is 3.76. The van der Waals surface area contributed by atoms with Crippen molar-refractivity contribution < 1.29 is 17.9 Å². The molecule has 0 spiro atoms. The number of hydrogen-bond acceptors (Lipinski definition) is 4. The smallest absolute Gasteiger partial charge is 0.255 e. The van der Waals surface area contributed by atoms with Gasteiger partial charge in [-0.25, -0.2) is 8.42 Å². The molecule has 3 aromatic carbocycles. The molecule has 2 N–H and O–H groups in total. The van der Waals surface area contributed by atoms with Crippen LogP contribution in [0.2, 0.25) is 0 Å². The van der Waals surface area contributed by atoms with Crippen LogP contribution in [0.15, 0.2) is 66.7 Å². The van der Waals surface area contributed by atoms with E-state index >= 15 is 0 Å². The molecule has 3 aromatic rings. The largest absolute Gasteiger partial charge is 0.457 e. The average Bonchev–Trinajstić information content (AvgIpc) is 2.64. The highest BCUT2D eigenvalue weighted by Gasteiger charge is 2.11. The van der Waals surface area contributed by atoms with Gasteiger partial charge in [0.2, 0.25) is 10.0 Å². The zero-order valence-corrected chi connectivity index (χ0v) is 17.2. The van der Waals surface area contributed by atoms with E-state index in [1.807, 2.05) is 31.2 Å². The molecule has 6 nitrogen and oxygen atoms in total. The van der Waals surface area contributed by atoms with E-state index < -0.39 is 10.0 Å². The fourth-order valence-corrected chi connectivity index (χ4v) is 3.32. The molecule has 0 radical (unpaired) electrons. The number of anilines is 2. The molecule has 7 heteroatoms. The van der Waals surface area contributed by atoms with Gasteiger partial charge in [-0.3, -0.25) is 9.52 Å². The van der Waals surface area contributed by atoms with Gasteiger partial charge in [-0.1, -0.05) is 18.2 Å². The van der Waals surface area contributed by atoms with Crippen LogP contribution >= 0.6 is 0 Å². The molecule has 0 aromatic heterocycles. The number of carbonyl (C=O) groups excluding carboxylic acids is 1. The molecule has 150 valence electrons. The van der Waals surface area contributed by atoms with Crippen molar-refractivity contribution in [1.82, 2.24) is 0 Å². The molecule has 0 aliphatic carbocycles. The molecule has 1 amide bonds. The predicted molar refractivity (Wildman–Crippen MR) is 115 cm³/mol. The van der Waals surface area contributed by atoms with Crippen molar-refractivity contribution in [1.29, 1.82) is 0 Å². The molecule has 0 saturated heterocycles. The normalized spacial score (nSPS) is 11.0. The Morgan fingerprint density at radius 3 is 2.28 bits per heavy atom. The number of ether oxygens (including phenoxy) is 1. The maximum absolute atomic E-state index is 12.5. The Balaban J connectivity index is 1.70. The van der Waals surface area contributed by atoms with E-state index in [-0.39, 0.29) is 5.91 Å². The van der Waals surface area contributed by atoms with Gasteiger partial charge in [-0.2, -0.15) is 0 Å². The lowest BCUT2D eigenvalue weighted by Gasteiger charge is -2.11. The Hall–Kier alpha value is -3.32. The maximum Gasteiger partial charge on any atom is 0.255 e. The van der Waals surface area contributed by atoms with Crippen molar-refractivity contribution in [3.05, 3.63) is 83.4 Å². The first kappa shape index (κ1) is 20.4. The highest BCUT2D eigenvalue weighted by Crippen LogP contribution is 2.24. The number of carbonyl (C=O) groups is 1. The third-order valence-electron chi connectivity index (χ3n) is 4.13. The minimum absolute atomic E-state index is 0.339. The summed E-state index contributed by atoms with van der Waals surface area (Å²) >= 11 is 0. The minimum Gasteiger partial charge on any atom is -0.457 e. The summed E-state index contributed by atoms with van der Waals surface area (Å²) < 4.78 is 31.2. The summed E-state index contributed by atoms with van der Waals surface area (Å²) in [4.78, 5) is 12.5. The number of benzene rings is 3. The molecule has 0 bridgehead atoms. The third-order valence-corrected chi connectivity index (χ3v) is 4.72. The standard InChI is InChI=1S/C22H22N2O4S/c1-15-5-4-6-20(13-15)28-19-11-9-18(10-12-19)23-22(25)17-8-7-16(2)21(14-17)24-29(3,26)27/h4-14,24H,1-3H3,(H,23,25). The van der Waals surface area contributed by atoms with E-state index in [9.17, 15) is 13.2 Å². The molecule has 0 aliphatic rings. The van der Waals surface area contributed by atoms with Crippen molar-refractivity contribution >= 4 is 27.3 Å². The lowest BCUT2D eigenvalue weighted by Crippen LogP contribution is -2.14. The molecule has 0 aliphatic heterocycles. The first-order valence-corrected chi connectivity index (χ1v) is 10.8. The van der Waals surface area contributed by atoms with Gasteiger partial charge >= 0.3 is 0 Å². The average molecular weight is 410 g/mol. The molecule has 29 heavy (non-hydrogen) atoms. The van der Waals surface area contributed by atoms with Crippen molar-refractivity contribution in [3.8, 4) is 11.5 Å². The van der Waals surface area contributed by atoms with Crippen LogP contribution in [0, 0.1) is 13.8 Å². The van der Waals surface area contributed by atoms with Gasteiger partial charge in [0.25, 0.3) is 5.91 Å². The number of sulfonamides is 1. The fourth-order valence-electron chi connectivity index (χ4n) is 2.70. The fraction of sp³-hybridized carbons (Fsp3) is 0.136. The zero-order valence-electron chi connectivity index (χ0n) is 16.4. The first-order valence-electron chi connectivity index (χ1n) is 8.94. The highest BCUT2D eigenvalue weighted by molar-refractivity contribution is 7.92. The van der Waals surface area contributed by atoms with Crippen LogP contribution in [0.1, 0.15) is 21.5 Å². The van der Waals surface area contributed by atoms with Crippen LogP contribution < -0.4 is 14.8 Å². The molecule has 3 rings (SSSR count). The molecular weight excluding hydrogens is 388 g/mol. The Bertz CT molecular complexity index is 1140. The quantitative estimate of drug-likeness (QED) is 0.616. The van der Waals surface area contributed by atoms with Gasteiger partial charge in [0.05, 0.1) is 11.9 Å². The number of hydrogen-bond donors (Lipinski definition) is 2. The molecule has 0 heterocycles. The number of rotatable bonds is 6. The monoisotopic (exact) mass is 410 g/mol. The van der Waals surface area contributed by atoms with Crippen LogP contribution in [0.25, 0.3) is 0 Å². The topological polar surface area (TPSA) is 84.5 Å².